The smallest absolute Gasteiger partial charge is 0.270 e. The van der Waals surface area contributed by atoms with E-state index in [9.17, 15) is 9.59 Å². The topological polar surface area (TPSA) is 65.2 Å². The molecule has 0 bridgehead atoms. The molecule has 1 aliphatic heterocycles. The largest absolute Gasteiger partial charge is 0.354 e. The van der Waals surface area contributed by atoms with Crippen LogP contribution in [0.4, 0.5) is 0 Å². The molecule has 1 aromatic carbocycles. The molecule has 162 valence electrons. The normalized spacial score (nSPS) is 15.8. The van der Waals surface area contributed by atoms with Gasteiger partial charge >= 0.3 is 0 Å². The van der Waals surface area contributed by atoms with Crippen molar-refractivity contribution >= 4 is 11.8 Å². The van der Waals surface area contributed by atoms with E-state index in [1.807, 2.05) is 31.7 Å². The molecule has 2 N–H and O–H groups in total. The summed E-state index contributed by atoms with van der Waals surface area (Å²) in [6.45, 7) is 9.56. The minimum atomic E-state index is 0.0844. The second kappa shape index (κ2) is 9.96. The van der Waals surface area contributed by atoms with Crippen molar-refractivity contribution in [3.63, 3.8) is 0 Å². The third-order valence-electron chi connectivity index (χ3n) is 6.52. The molecule has 5 heteroatoms. The number of likely N-dealkylation sites (tertiary alicyclic amines) is 1. The van der Waals surface area contributed by atoms with Crippen LogP contribution < -0.4 is 5.32 Å². The number of hydrogen-bond donors (Lipinski definition) is 2. The van der Waals surface area contributed by atoms with Crippen molar-refractivity contribution in [2.24, 2.45) is 5.92 Å². The maximum atomic E-state index is 12.9. The lowest BCUT2D eigenvalue weighted by molar-refractivity contribution is -0.122. The summed E-state index contributed by atoms with van der Waals surface area (Å²) in [7, 11) is 0. The van der Waals surface area contributed by atoms with E-state index in [1.54, 1.807) is 0 Å². The Labute approximate surface area is 180 Å². The average molecular weight is 410 g/mol. The summed E-state index contributed by atoms with van der Waals surface area (Å²) < 4.78 is 0. The monoisotopic (exact) mass is 409 g/mol. The average Bonchev–Trinajstić information content (AvgIpc) is 3.00. The van der Waals surface area contributed by atoms with Gasteiger partial charge in [-0.15, -0.1) is 0 Å². The Morgan fingerprint density at radius 3 is 2.37 bits per heavy atom. The van der Waals surface area contributed by atoms with E-state index < -0.39 is 0 Å². The minimum Gasteiger partial charge on any atom is -0.354 e. The molecule has 2 amide bonds. The fourth-order valence-corrected chi connectivity index (χ4v) is 4.25. The molecular weight excluding hydrogens is 374 g/mol. The maximum Gasteiger partial charge on any atom is 0.270 e. The maximum absolute atomic E-state index is 12.9. The van der Waals surface area contributed by atoms with Crippen molar-refractivity contribution in [3.05, 3.63) is 58.4 Å². The first-order chi connectivity index (χ1) is 14.3. The zero-order valence-electron chi connectivity index (χ0n) is 18.8. The third-order valence-corrected chi connectivity index (χ3v) is 6.52. The molecule has 1 saturated heterocycles. The number of hydrogen-bond acceptors (Lipinski definition) is 2. The predicted octanol–water partition coefficient (Wildman–Crippen LogP) is 4.32. The highest BCUT2D eigenvalue weighted by molar-refractivity contribution is 5.94. The molecule has 0 saturated carbocycles. The molecule has 2 heterocycles. The van der Waals surface area contributed by atoms with Gasteiger partial charge in [-0.1, -0.05) is 30.3 Å². The van der Waals surface area contributed by atoms with Gasteiger partial charge in [0, 0.05) is 31.2 Å². The fourth-order valence-electron chi connectivity index (χ4n) is 4.25. The molecule has 1 aliphatic rings. The van der Waals surface area contributed by atoms with E-state index in [-0.39, 0.29) is 17.9 Å². The second-order valence-electron chi connectivity index (χ2n) is 8.81. The standard InChI is InChI=1S/C25H35N3O2/c1-17(10-11-21-8-6-5-7-9-21)26-23(29)16-22-12-14-28(15-13-22)25(30)24-19(3)18(2)20(4)27-24/h5-9,17,22,27H,10-16H2,1-4H3,(H,26,29)/t17-/m1/s1. The molecule has 1 aromatic heterocycles. The lowest BCUT2D eigenvalue weighted by atomic mass is 9.92. The molecule has 1 atom stereocenters. The molecule has 5 nitrogen and oxygen atoms in total. The van der Waals surface area contributed by atoms with E-state index in [0.717, 1.165) is 55.6 Å². The summed E-state index contributed by atoms with van der Waals surface area (Å²) >= 11 is 0. The van der Waals surface area contributed by atoms with Crippen LogP contribution in [-0.4, -0.2) is 40.8 Å². The molecule has 0 unspecified atom stereocenters. The molecule has 0 spiro atoms. The van der Waals surface area contributed by atoms with Crippen LogP contribution in [0.1, 0.15) is 65.5 Å². The SMILES string of the molecule is Cc1[nH]c(C(=O)N2CCC(CC(=O)N[C@H](C)CCc3ccccc3)CC2)c(C)c1C. The zero-order valence-corrected chi connectivity index (χ0v) is 18.8. The number of aromatic amines is 1. The van der Waals surface area contributed by atoms with Crippen LogP contribution in [0.3, 0.4) is 0 Å². The van der Waals surface area contributed by atoms with Crippen LogP contribution >= 0.6 is 0 Å². The van der Waals surface area contributed by atoms with Crippen LogP contribution in [0.5, 0.6) is 0 Å². The summed E-state index contributed by atoms with van der Waals surface area (Å²) in [6, 6.07) is 10.5. The van der Waals surface area contributed by atoms with Crippen molar-refractivity contribution in [2.45, 2.75) is 65.8 Å². The Morgan fingerprint density at radius 1 is 1.10 bits per heavy atom. The molecule has 1 fully saturated rings. The first-order valence-electron chi connectivity index (χ1n) is 11.1. The number of carbonyl (C=O) groups excluding carboxylic acids is 2. The second-order valence-corrected chi connectivity index (χ2v) is 8.81. The van der Waals surface area contributed by atoms with E-state index >= 15 is 0 Å². The van der Waals surface area contributed by atoms with Gasteiger partial charge in [-0.2, -0.15) is 0 Å². The highest BCUT2D eigenvalue weighted by Gasteiger charge is 2.27. The van der Waals surface area contributed by atoms with Crippen LogP contribution in [0, 0.1) is 26.7 Å². The molecule has 2 aromatic rings. The highest BCUT2D eigenvalue weighted by Crippen LogP contribution is 2.24. The van der Waals surface area contributed by atoms with E-state index in [4.69, 9.17) is 0 Å². The van der Waals surface area contributed by atoms with Gasteiger partial charge in [0.15, 0.2) is 0 Å². The third kappa shape index (κ3) is 5.53. The van der Waals surface area contributed by atoms with Gasteiger partial charge in [0.05, 0.1) is 0 Å². The summed E-state index contributed by atoms with van der Waals surface area (Å²) in [5.74, 6) is 0.566. The lowest BCUT2D eigenvalue weighted by Crippen LogP contribution is -2.41. The van der Waals surface area contributed by atoms with Crippen LogP contribution in [-0.2, 0) is 11.2 Å². The summed E-state index contributed by atoms with van der Waals surface area (Å²) in [5.41, 5.74) is 5.28. The van der Waals surface area contributed by atoms with Gasteiger partial charge in [0.2, 0.25) is 5.91 Å². The number of aryl methyl sites for hydroxylation is 2. The number of nitrogens with one attached hydrogen (secondary N) is 2. The minimum absolute atomic E-state index is 0.0844. The predicted molar refractivity (Wildman–Crippen MR) is 121 cm³/mol. The number of nitrogens with zero attached hydrogens (tertiary/aromatic N) is 1. The summed E-state index contributed by atoms with van der Waals surface area (Å²) in [4.78, 5) is 30.5. The molecule has 30 heavy (non-hydrogen) atoms. The number of H-pyrrole nitrogens is 1. The van der Waals surface area contributed by atoms with Crippen LogP contribution in [0.25, 0.3) is 0 Å². The molecule has 3 rings (SSSR count). The van der Waals surface area contributed by atoms with Crippen molar-refractivity contribution in [2.75, 3.05) is 13.1 Å². The lowest BCUT2D eigenvalue weighted by Gasteiger charge is -2.32. The number of benzene rings is 1. The van der Waals surface area contributed by atoms with Crippen molar-refractivity contribution in [3.8, 4) is 0 Å². The number of amides is 2. The Hall–Kier alpha value is -2.56. The number of aromatic nitrogens is 1. The Bertz CT molecular complexity index is 864. The summed E-state index contributed by atoms with van der Waals surface area (Å²) in [6.07, 6.45) is 4.24. The molecule has 0 aliphatic carbocycles. The zero-order chi connectivity index (χ0) is 21.7. The van der Waals surface area contributed by atoms with E-state index in [0.29, 0.717) is 18.0 Å². The number of rotatable bonds is 7. The Kier molecular flexibility index (Phi) is 7.35. The molecule has 0 radical (unpaired) electrons. The fraction of sp³-hybridized carbons (Fsp3) is 0.520. The quantitative estimate of drug-likeness (QED) is 0.715. The first kappa shape index (κ1) is 22.1. The Morgan fingerprint density at radius 2 is 1.77 bits per heavy atom. The van der Waals surface area contributed by atoms with Gasteiger partial charge in [-0.3, -0.25) is 9.59 Å². The van der Waals surface area contributed by atoms with Gasteiger partial charge < -0.3 is 15.2 Å². The van der Waals surface area contributed by atoms with Gasteiger partial charge in [-0.05, 0) is 76.0 Å². The van der Waals surface area contributed by atoms with E-state index in [1.165, 1.54) is 5.56 Å². The highest BCUT2D eigenvalue weighted by atomic mass is 16.2. The Balaban J connectivity index is 1.41. The number of carbonyl (C=O) groups is 2. The summed E-state index contributed by atoms with van der Waals surface area (Å²) in [5, 5.41) is 3.15. The van der Waals surface area contributed by atoms with Crippen LogP contribution in [0.2, 0.25) is 0 Å². The van der Waals surface area contributed by atoms with Crippen molar-refractivity contribution in [1.29, 1.82) is 0 Å². The van der Waals surface area contributed by atoms with Crippen molar-refractivity contribution in [1.82, 2.24) is 15.2 Å². The van der Waals surface area contributed by atoms with Gasteiger partial charge in [0.25, 0.3) is 5.91 Å². The van der Waals surface area contributed by atoms with Gasteiger partial charge in [0.1, 0.15) is 5.69 Å². The molecular formula is C25H35N3O2. The first-order valence-corrected chi connectivity index (χ1v) is 11.1. The number of piperidine rings is 1. The van der Waals surface area contributed by atoms with Crippen LogP contribution in [0.15, 0.2) is 30.3 Å². The van der Waals surface area contributed by atoms with Gasteiger partial charge in [-0.25, -0.2) is 0 Å². The van der Waals surface area contributed by atoms with E-state index in [2.05, 4.69) is 41.5 Å². The van der Waals surface area contributed by atoms with Crippen molar-refractivity contribution < 1.29 is 9.59 Å².